The lowest BCUT2D eigenvalue weighted by Gasteiger charge is -2.15. The summed E-state index contributed by atoms with van der Waals surface area (Å²) in [6, 6.07) is 10.2. The van der Waals surface area contributed by atoms with Gasteiger partial charge in [-0.25, -0.2) is 0 Å². The first-order valence-electron chi connectivity index (χ1n) is 7.74. The number of anilines is 1. The third kappa shape index (κ3) is 3.22. The summed E-state index contributed by atoms with van der Waals surface area (Å²) >= 11 is 0. The maximum atomic E-state index is 12.5. The highest BCUT2D eigenvalue weighted by Gasteiger charge is 2.56. The number of benzene rings is 1. The molecule has 0 radical (unpaired) electrons. The molecule has 1 aliphatic rings. The Hall–Kier alpha value is -2.89. The molecule has 0 spiro atoms. The van der Waals surface area contributed by atoms with Gasteiger partial charge in [0, 0.05) is 11.3 Å². The number of rotatable bonds is 6. The maximum Gasteiger partial charge on any atom is 0.240 e. The third-order valence-electron chi connectivity index (χ3n) is 4.15. The van der Waals surface area contributed by atoms with Gasteiger partial charge in [0.25, 0.3) is 0 Å². The van der Waals surface area contributed by atoms with Crippen LogP contribution < -0.4 is 10.6 Å². The molecule has 0 unspecified atom stereocenters. The van der Waals surface area contributed by atoms with E-state index in [1.54, 1.807) is 36.4 Å². The molecule has 0 bridgehead atoms. The van der Waals surface area contributed by atoms with Crippen LogP contribution in [0.1, 0.15) is 35.9 Å². The van der Waals surface area contributed by atoms with E-state index in [0.717, 1.165) is 0 Å². The molecule has 0 saturated heterocycles. The zero-order chi connectivity index (χ0) is 17.2. The molecule has 1 aliphatic carbocycles. The lowest BCUT2D eigenvalue weighted by atomic mass is 10.0. The Morgan fingerprint density at radius 1 is 1.12 bits per heavy atom. The smallest absolute Gasteiger partial charge is 0.240 e. The molecule has 2 amide bonds. The molecular formula is C18H18N2O4. The molecule has 6 heteroatoms. The van der Waals surface area contributed by atoms with E-state index in [9.17, 15) is 14.4 Å². The molecule has 1 heterocycles. The lowest BCUT2D eigenvalue weighted by molar-refractivity contribution is -0.134. The van der Waals surface area contributed by atoms with Crippen molar-refractivity contribution < 1.29 is 18.8 Å². The third-order valence-corrected chi connectivity index (χ3v) is 4.15. The summed E-state index contributed by atoms with van der Waals surface area (Å²) in [5.74, 6) is -0.101. The second kappa shape index (κ2) is 6.31. The minimum absolute atomic E-state index is 0.0802. The van der Waals surface area contributed by atoms with E-state index in [4.69, 9.17) is 4.42 Å². The predicted octanol–water partition coefficient (Wildman–Crippen LogP) is 2.52. The second-order valence-corrected chi connectivity index (χ2v) is 5.94. The number of amides is 2. The first kappa shape index (κ1) is 16.0. The van der Waals surface area contributed by atoms with Crippen molar-refractivity contribution >= 4 is 23.3 Å². The Bertz CT molecular complexity index is 776. The van der Waals surface area contributed by atoms with Crippen molar-refractivity contribution in [1.82, 2.24) is 5.32 Å². The van der Waals surface area contributed by atoms with Crippen molar-refractivity contribution in [2.75, 3.05) is 5.32 Å². The van der Waals surface area contributed by atoms with Gasteiger partial charge < -0.3 is 15.1 Å². The minimum atomic E-state index is -1.03. The molecule has 24 heavy (non-hydrogen) atoms. The van der Waals surface area contributed by atoms with Gasteiger partial charge in [-0.05, 0) is 44.0 Å². The van der Waals surface area contributed by atoms with Gasteiger partial charge in [-0.1, -0.05) is 12.1 Å². The zero-order valence-corrected chi connectivity index (χ0v) is 13.3. The van der Waals surface area contributed by atoms with Gasteiger partial charge in [0.2, 0.25) is 11.8 Å². The normalized spacial score (nSPS) is 14.7. The number of carbonyl (C=O) groups is 3. The number of furan rings is 1. The van der Waals surface area contributed by atoms with Crippen LogP contribution in [0.25, 0.3) is 0 Å². The van der Waals surface area contributed by atoms with Gasteiger partial charge in [0.05, 0.1) is 12.8 Å². The van der Waals surface area contributed by atoms with Crippen LogP contribution in [0.4, 0.5) is 5.69 Å². The average molecular weight is 326 g/mol. The van der Waals surface area contributed by atoms with Crippen LogP contribution in [-0.2, 0) is 16.1 Å². The number of hydrogen-bond acceptors (Lipinski definition) is 4. The van der Waals surface area contributed by atoms with Gasteiger partial charge >= 0.3 is 0 Å². The molecule has 124 valence electrons. The number of carbonyl (C=O) groups excluding carboxylic acids is 3. The van der Waals surface area contributed by atoms with E-state index in [1.165, 1.54) is 13.2 Å². The summed E-state index contributed by atoms with van der Waals surface area (Å²) in [6.07, 6.45) is 2.55. The summed E-state index contributed by atoms with van der Waals surface area (Å²) in [4.78, 5) is 36.3. The van der Waals surface area contributed by atoms with Crippen LogP contribution in [0.15, 0.2) is 47.1 Å². The number of Topliss-reactive ketones (excluding diaryl/α,β-unsaturated/α-hetero) is 1. The molecule has 0 aliphatic heterocycles. The highest BCUT2D eigenvalue weighted by atomic mass is 16.3. The molecule has 1 aromatic heterocycles. The van der Waals surface area contributed by atoms with Gasteiger partial charge in [-0.15, -0.1) is 0 Å². The van der Waals surface area contributed by atoms with E-state index in [-0.39, 0.29) is 24.1 Å². The fourth-order valence-electron chi connectivity index (χ4n) is 2.50. The van der Waals surface area contributed by atoms with Crippen molar-refractivity contribution in [1.29, 1.82) is 0 Å². The predicted molar refractivity (Wildman–Crippen MR) is 87.3 cm³/mol. The van der Waals surface area contributed by atoms with E-state index in [2.05, 4.69) is 10.6 Å². The molecule has 2 aromatic rings. The number of nitrogens with one attached hydrogen (secondary N) is 2. The number of ketones is 1. The van der Waals surface area contributed by atoms with E-state index >= 15 is 0 Å². The SMILES string of the molecule is CC(=O)c1cccc(NC(=O)C2(C(=O)NCc3ccco3)CC2)c1. The Labute approximate surface area is 139 Å². The molecule has 2 N–H and O–H groups in total. The summed E-state index contributed by atoms with van der Waals surface area (Å²) < 4.78 is 5.16. The van der Waals surface area contributed by atoms with Crippen molar-refractivity contribution in [2.45, 2.75) is 26.3 Å². The highest BCUT2D eigenvalue weighted by molar-refractivity contribution is 6.13. The largest absolute Gasteiger partial charge is 0.467 e. The lowest BCUT2D eigenvalue weighted by Crippen LogP contribution is -2.39. The maximum absolute atomic E-state index is 12.5. The molecule has 6 nitrogen and oxygen atoms in total. The van der Waals surface area contributed by atoms with E-state index in [1.807, 2.05) is 0 Å². The van der Waals surface area contributed by atoms with Crippen LogP contribution in [0.3, 0.4) is 0 Å². The quantitative estimate of drug-likeness (QED) is 0.630. The minimum Gasteiger partial charge on any atom is -0.467 e. The molecule has 1 fully saturated rings. The highest BCUT2D eigenvalue weighted by Crippen LogP contribution is 2.46. The molecule has 1 aromatic carbocycles. The fourth-order valence-corrected chi connectivity index (χ4v) is 2.50. The molecule has 1 saturated carbocycles. The van der Waals surface area contributed by atoms with Gasteiger partial charge in [-0.2, -0.15) is 0 Å². The first-order valence-corrected chi connectivity index (χ1v) is 7.74. The Morgan fingerprint density at radius 2 is 1.92 bits per heavy atom. The second-order valence-electron chi connectivity index (χ2n) is 5.94. The average Bonchev–Trinajstić information content (AvgIpc) is 3.22. The van der Waals surface area contributed by atoms with Crippen molar-refractivity contribution in [3.8, 4) is 0 Å². The summed E-state index contributed by atoms with van der Waals surface area (Å²) in [5.41, 5.74) is -0.00327. The topological polar surface area (TPSA) is 88.4 Å². The number of hydrogen-bond donors (Lipinski definition) is 2. The summed E-state index contributed by atoms with van der Waals surface area (Å²) in [5, 5.41) is 5.48. The first-order chi connectivity index (χ1) is 11.5. The van der Waals surface area contributed by atoms with Gasteiger partial charge in [-0.3, -0.25) is 14.4 Å². The monoisotopic (exact) mass is 326 g/mol. The van der Waals surface area contributed by atoms with Gasteiger partial charge in [0.15, 0.2) is 5.78 Å². The van der Waals surface area contributed by atoms with E-state index in [0.29, 0.717) is 29.9 Å². The Morgan fingerprint density at radius 3 is 2.54 bits per heavy atom. The zero-order valence-electron chi connectivity index (χ0n) is 13.3. The Kier molecular flexibility index (Phi) is 4.20. The van der Waals surface area contributed by atoms with Crippen LogP contribution in [0, 0.1) is 5.41 Å². The molecule has 0 atom stereocenters. The standard InChI is InChI=1S/C18H18N2O4/c1-12(21)13-4-2-5-14(10-13)20-17(23)18(7-8-18)16(22)19-11-15-6-3-9-24-15/h2-6,9-10H,7-8,11H2,1H3,(H,19,22)(H,20,23). The summed E-state index contributed by atoms with van der Waals surface area (Å²) in [7, 11) is 0. The van der Waals surface area contributed by atoms with E-state index < -0.39 is 5.41 Å². The molecular weight excluding hydrogens is 308 g/mol. The summed E-state index contributed by atoms with van der Waals surface area (Å²) in [6.45, 7) is 1.71. The Balaban J connectivity index is 1.64. The van der Waals surface area contributed by atoms with Crippen molar-refractivity contribution in [3.63, 3.8) is 0 Å². The van der Waals surface area contributed by atoms with Crippen LogP contribution >= 0.6 is 0 Å². The molecule has 3 rings (SSSR count). The van der Waals surface area contributed by atoms with Crippen molar-refractivity contribution in [3.05, 3.63) is 54.0 Å². The van der Waals surface area contributed by atoms with Crippen LogP contribution in [0.5, 0.6) is 0 Å². The van der Waals surface area contributed by atoms with Crippen LogP contribution in [0.2, 0.25) is 0 Å². The van der Waals surface area contributed by atoms with Gasteiger partial charge in [0.1, 0.15) is 11.2 Å². The van der Waals surface area contributed by atoms with Crippen LogP contribution in [-0.4, -0.2) is 17.6 Å². The van der Waals surface area contributed by atoms with Crippen molar-refractivity contribution in [2.24, 2.45) is 5.41 Å². The fraction of sp³-hybridized carbons (Fsp3) is 0.278.